The third kappa shape index (κ3) is 2.39. The molecule has 1 atom stereocenters. The zero-order valence-electron chi connectivity index (χ0n) is 10.3. The molecule has 0 aromatic carbocycles. The largest absolute Gasteiger partial charge is 0.481 e. The summed E-state index contributed by atoms with van der Waals surface area (Å²) in [6.45, 7) is 1.74. The molecule has 0 amide bonds. The van der Waals surface area contributed by atoms with Crippen LogP contribution < -0.4 is 4.90 Å². The fourth-order valence-electron chi connectivity index (χ4n) is 2.36. The van der Waals surface area contributed by atoms with Crippen molar-refractivity contribution in [1.82, 2.24) is 4.98 Å². The Bertz CT molecular complexity index is 595. The molecule has 1 saturated heterocycles. The molecular weight excluding hydrogens is 248 g/mol. The topological polar surface area (TPSA) is 75.8 Å². The lowest BCUT2D eigenvalue weighted by Gasteiger charge is -2.33. The highest BCUT2D eigenvalue weighted by Crippen LogP contribution is 2.26. The van der Waals surface area contributed by atoms with E-state index in [0.29, 0.717) is 19.7 Å². The minimum atomic E-state index is -0.846. The van der Waals surface area contributed by atoms with Gasteiger partial charge in [-0.3, -0.25) is 4.79 Å². The minimum absolute atomic E-state index is 0.0118. The maximum atomic E-state index is 10.8. The van der Waals surface area contributed by atoms with Gasteiger partial charge in [-0.1, -0.05) is 0 Å². The summed E-state index contributed by atoms with van der Waals surface area (Å²) in [4.78, 5) is 17.2. The standard InChI is InChI=1S/C13H14N2O4/c16-12(17)7-9-8-15(4-6-18-9)13-10-2-5-19-11(10)1-3-14-13/h1-3,5,9H,4,6-8H2,(H,16,17). The highest BCUT2D eigenvalue weighted by atomic mass is 16.5. The molecule has 0 saturated carbocycles. The van der Waals surface area contributed by atoms with Gasteiger partial charge in [-0.25, -0.2) is 4.98 Å². The van der Waals surface area contributed by atoms with E-state index in [-0.39, 0.29) is 12.5 Å². The number of rotatable bonds is 3. The Morgan fingerprint density at radius 3 is 3.26 bits per heavy atom. The summed E-state index contributed by atoms with van der Waals surface area (Å²) in [7, 11) is 0. The molecule has 0 bridgehead atoms. The van der Waals surface area contributed by atoms with Gasteiger partial charge in [0.2, 0.25) is 0 Å². The number of hydrogen-bond acceptors (Lipinski definition) is 5. The summed E-state index contributed by atoms with van der Waals surface area (Å²) in [5, 5.41) is 9.78. The predicted octanol–water partition coefficient (Wildman–Crippen LogP) is 1.51. The molecule has 1 aliphatic rings. The van der Waals surface area contributed by atoms with E-state index in [2.05, 4.69) is 9.88 Å². The van der Waals surface area contributed by atoms with Gasteiger partial charge >= 0.3 is 5.97 Å². The van der Waals surface area contributed by atoms with Crippen molar-refractivity contribution in [3.8, 4) is 0 Å². The van der Waals surface area contributed by atoms with Gasteiger partial charge in [-0.05, 0) is 12.1 Å². The normalized spacial score (nSPS) is 19.8. The third-order valence-corrected chi connectivity index (χ3v) is 3.20. The molecule has 3 heterocycles. The molecule has 3 rings (SSSR count). The molecule has 0 radical (unpaired) electrons. The van der Waals surface area contributed by atoms with Crippen LogP contribution in [0.1, 0.15) is 6.42 Å². The van der Waals surface area contributed by atoms with Crippen LogP contribution in [0.4, 0.5) is 5.82 Å². The first-order valence-electron chi connectivity index (χ1n) is 6.14. The van der Waals surface area contributed by atoms with Crippen molar-refractivity contribution in [1.29, 1.82) is 0 Å². The third-order valence-electron chi connectivity index (χ3n) is 3.20. The fraction of sp³-hybridized carbons (Fsp3) is 0.385. The zero-order valence-corrected chi connectivity index (χ0v) is 10.3. The van der Waals surface area contributed by atoms with Gasteiger partial charge in [0.15, 0.2) is 0 Å². The molecule has 1 unspecified atom stereocenters. The number of carbonyl (C=O) groups is 1. The van der Waals surface area contributed by atoms with Crippen LogP contribution in [0.2, 0.25) is 0 Å². The number of aromatic nitrogens is 1. The van der Waals surface area contributed by atoms with Crippen LogP contribution in [0.15, 0.2) is 29.0 Å². The summed E-state index contributed by atoms with van der Waals surface area (Å²) in [5.41, 5.74) is 0.784. The maximum absolute atomic E-state index is 10.8. The summed E-state index contributed by atoms with van der Waals surface area (Å²) in [5.74, 6) is -0.0220. The average Bonchev–Trinajstić information content (AvgIpc) is 2.86. The van der Waals surface area contributed by atoms with Crippen molar-refractivity contribution in [3.63, 3.8) is 0 Å². The number of furan rings is 1. The number of carboxylic acids is 1. The molecule has 19 heavy (non-hydrogen) atoms. The van der Waals surface area contributed by atoms with E-state index in [1.54, 1.807) is 12.5 Å². The summed E-state index contributed by atoms with van der Waals surface area (Å²) in [6.07, 6.45) is 3.04. The molecule has 100 valence electrons. The van der Waals surface area contributed by atoms with E-state index >= 15 is 0 Å². The number of pyridine rings is 1. The highest BCUT2D eigenvalue weighted by molar-refractivity contribution is 5.88. The Kier molecular flexibility index (Phi) is 3.08. The number of aliphatic carboxylic acids is 1. The number of hydrogen-bond donors (Lipinski definition) is 1. The van der Waals surface area contributed by atoms with Gasteiger partial charge in [0, 0.05) is 19.3 Å². The monoisotopic (exact) mass is 262 g/mol. The number of anilines is 1. The summed E-state index contributed by atoms with van der Waals surface area (Å²) < 4.78 is 10.8. The lowest BCUT2D eigenvalue weighted by atomic mass is 10.2. The second kappa shape index (κ2) is 4.89. The SMILES string of the molecule is O=C(O)CC1CN(c2nccc3occc23)CCO1. The molecule has 1 aliphatic heterocycles. The van der Waals surface area contributed by atoms with E-state index in [4.69, 9.17) is 14.3 Å². The average molecular weight is 262 g/mol. The second-order valence-corrected chi connectivity index (χ2v) is 4.50. The van der Waals surface area contributed by atoms with E-state index in [0.717, 1.165) is 16.8 Å². The quantitative estimate of drug-likeness (QED) is 0.903. The van der Waals surface area contributed by atoms with Crippen LogP contribution in [-0.4, -0.2) is 41.9 Å². The van der Waals surface area contributed by atoms with Crippen LogP contribution in [0, 0.1) is 0 Å². The number of ether oxygens (including phenoxy) is 1. The Morgan fingerprint density at radius 1 is 1.53 bits per heavy atom. The van der Waals surface area contributed by atoms with Gasteiger partial charge in [0.05, 0.1) is 30.8 Å². The molecule has 1 fully saturated rings. The Morgan fingerprint density at radius 2 is 2.42 bits per heavy atom. The Hall–Kier alpha value is -2.08. The van der Waals surface area contributed by atoms with Gasteiger partial charge in [0.1, 0.15) is 11.4 Å². The predicted molar refractivity (Wildman–Crippen MR) is 68.2 cm³/mol. The Labute approximate surface area is 109 Å². The van der Waals surface area contributed by atoms with Crippen molar-refractivity contribution in [2.45, 2.75) is 12.5 Å². The molecule has 1 N–H and O–H groups in total. The first-order valence-corrected chi connectivity index (χ1v) is 6.14. The second-order valence-electron chi connectivity index (χ2n) is 4.50. The minimum Gasteiger partial charge on any atom is -0.481 e. The number of carboxylic acid groups (broad SMARTS) is 1. The lowest BCUT2D eigenvalue weighted by Crippen LogP contribution is -2.43. The van der Waals surface area contributed by atoms with E-state index in [9.17, 15) is 4.79 Å². The van der Waals surface area contributed by atoms with Crippen molar-refractivity contribution >= 4 is 22.8 Å². The maximum Gasteiger partial charge on any atom is 0.306 e. The lowest BCUT2D eigenvalue weighted by molar-refractivity contribution is -0.140. The summed E-state index contributed by atoms with van der Waals surface area (Å²) >= 11 is 0. The molecule has 0 spiro atoms. The van der Waals surface area contributed by atoms with Gasteiger partial charge in [0.25, 0.3) is 0 Å². The Balaban J connectivity index is 1.85. The zero-order chi connectivity index (χ0) is 13.2. The molecular formula is C13H14N2O4. The first kappa shape index (κ1) is 12.0. The van der Waals surface area contributed by atoms with E-state index in [1.165, 1.54) is 0 Å². The van der Waals surface area contributed by atoms with Crippen molar-refractivity contribution in [3.05, 3.63) is 24.6 Å². The molecule has 0 aliphatic carbocycles. The number of morpholine rings is 1. The van der Waals surface area contributed by atoms with Crippen LogP contribution in [0.25, 0.3) is 11.0 Å². The van der Waals surface area contributed by atoms with Crippen LogP contribution in [-0.2, 0) is 9.53 Å². The highest BCUT2D eigenvalue weighted by Gasteiger charge is 2.24. The van der Waals surface area contributed by atoms with Crippen molar-refractivity contribution in [2.24, 2.45) is 0 Å². The van der Waals surface area contributed by atoms with Gasteiger partial charge in [-0.2, -0.15) is 0 Å². The molecule has 6 heteroatoms. The molecule has 6 nitrogen and oxygen atoms in total. The van der Waals surface area contributed by atoms with Gasteiger partial charge in [-0.15, -0.1) is 0 Å². The van der Waals surface area contributed by atoms with Crippen LogP contribution >= 0.6 is 0 Å². The number of fused-ring (bicyclic) bond motifs is 1. The van der Waals surface area contributed by atoms with E-state index in [1.807, 2.05) is 12.1 Å². The van der Waals surface area contributed by atoms with Crippen molar-refractivity contribution < 1.29 is 19.1 Å². The van der Waals surface area contributed by atoms with Crippen LogP contribution in [0.3, 0.4) is 0 Å². The van der Waals surface area contributed by atoms with E-state index < -0.39 is 5.97 Å². The summed E-state index contributed by atoms with van der Waals surface area (Å²) in [6, 6.07) is 3.69. The van der Waals surface area contributed by atoms with Gasteiger partial charge < -0.3 is 19.2 Å². The van der Waals surface area contributed by atoms with Crippen LogP contribution in [0.5, 0.6) is 0 Å². The first-order chi connectivity index (χ1) is 9.24. The smallest absolute Gasteiger partial charge is 0.306 e. The number of nitrogens with zero attached hydrogens (tertiary/aromatic N) is 2. The fourth-order valence-corrected chi connectivity index (χ4v) is 2.36. The molecule has 2 aromatic rings. The molecule has 2 aromatic heterocycles. The van der Waals surface area contributed by atoms with Crippen molar-refractivity contribution in [2.75, 3.05) is 24.6 Å².